The van der Waals surface area contributed by atoms with E-state index in [0.29, 0.717) is 17.5 Å². The van der Waals surface area contributed by atoms with E-state index in [1.807, 2.05) is 11.8 Å². The molecule has 1 radical (unpaired) electrons. The molecule has 1 heterocycles. The van der Waals surface area contributed by atoms with Crippen LogP contribution in [0.2, 0.25) is 0 Å². The quantitative estimate of drug-likeness (QED) is 0.725. The fourth-order valence-electron chi connectivity index (χ4n) is 3.15. The molecule has 0 N–H and O–H groups in total. The van der Waals surface area contributed by atoms with Crippen molar-refractivity contribution in [3.05, 3.63) is 5.92 Å². The Morgan fingerprint density at radius 3 is 2.59 bits per heavy atom. The first-order chi connectivity index (χ1) is 8.16. The van der Waals surface area contributed by atoms with E-state index in [4.69, 9.17) is 4.74 Å². The molecule has 1 saturated carbocycles. The lowest BCUT2D eigenvalue weighted by Crippen LogP contribution is -2.36. The lowest BCUT2D eigenvalue weighted by Gasteiger charge is -2.39. The summed E-state index contributed by atoms with van der Waals surface area (Å²) in [5.41, 5.74) is 0.487. The van der Waals surface area contributed by atoms with E-state index in [0.717, 1.165) is 5.92 Å². The maximum Gasteiger partial charge on any atom is 0.103 e. The van der Waals surface area contributed by atoms with Crippen molar-refractivity contribution in [3.8, 4) is 0 Å². The molecule has 0 spiro atoms. The molecule has 4 atom stereocenters. The topological polar surface area (TPSA) is 9.23 Å². The first kappa shape index (κ1) is 13.7. The molecule has 0 aromatic heterocycles. The van der Waals surface area contributed by atoms with Gasteiger partial charge in [0.25, 0.3) is 0 Å². The SMILES string of the molecule is C[C](C)C1CCC(C)CC1OC1CCCCS1. The molecule has 0 amide bonds. The van der Waals surface area contributed by atoms with Crippen molar-refractivity contribution in [3.63, 3.8) is 0 Å². The molecular formula is C15H27OS. The Kier molecular flexibility index (Phi) is 5.23. The van der Waals surface area contributed by atoms with Crippen LogP contribution in [0.25, 0.3) is 0 Å². The van der Waals surface area contributed by atoms with Gasteiger partial charge in [-0.15, -0.1) is 11.8 Å². The first-order valence-electron chi connectivity index (χ1n) is 7.24. The largest absolute Gasteiger partial charge is 0.364 e. The van der Waals surface area contributed by atoms with Gasteiger partial charge in [0.15, 0.2) is 0 Å². The molecule has 1 saturated heterocycles. The summed E-state index contributed by atoms with van der Waals surface area (Å²) in [5, 5.41) is 0. The number of hydrogen-bond acceptors (Lipinski definition) is 2. The molecule has 99 valence electrons. The van der Waals surface area contributed by atoms with E-state index in [-0.39, 0.29) is 0 Å². The normalized spacial score (nSPS) is 39.5. The van der Waals surface area contributed by atoms with Gasteiger partial charge in [0.2, 0.25) is 0 Å². The van der Waals surface area contributed by atoms with Gasteiger partial charge in [0, 0.05) is 0 Å². The lowest BCUT2D eigenvalue weighted by molar-refractivity contribution is -0.0352. The summed E-state index contributed by atoms with van der Waals surface area (Å²) in [6, 6.07) is 0. The summed E-state index contributed by atoms with van der Waals surface area (Å²) in [6.45, 7) is 6.95. The van der Waals surface area contributed by atoms with E-state index >= 15 is 0 Å². The Hall–Kier alpha value is 0.310. The third kappa shape index (κ3) is 3.89. The average molecular weight is 255 g/mol. The molecule has 17 heavy (non-hydrogen) atoms. The molecule has 0 aromatic carbocycles. The molecule has 2 heteroatoms. The van der Waals surface area contributed by atoms with Crippen LogP contribution in [0, 0.1) is 17.8 Å². The van der Waals surface area contributed by atoms with Gasteiger partial charge in [0.1, 0.15) is 5.44 Å². The Morgan fingerprint density at radius 1 is 1.12 bits per heavy atom. The Labute approximate surface area is 111 Å². The van der Waals surface area contributed by atoms with Crippen LogP contribution in [0.3, 0.4) is 0 Å². The van der Waals surface area contributed by atoms with Gasteiger partial charge < -0.3 is 4.74 Å². The monoisotopic (exact) mass is 255 g/mol. The maximum atomic E-state index is 6.42. The van der Waals surface area contributed by atoms with Gasteiger partial charge in [-0.2, -0.15) is 0 Å². The van der Waals surface area contributed by atoms with Crippen molar-refractivity contribution in [1.29, 1.82) is 0 Å². The minimum Gasteiger partial charge on any atom is -0.364 e. The van der Waals surface area contributed by atoms with Crippen LogP contribution in [0.15, 0.2) is 0 Å². The molecule has 2 rings (SSSR count). The minimum atomic E-state index is 0.487. The maximum absolute atomic E-state index is 6.42. The molecule has 1 nitrogen and oxygen atoms in total. The van der Waals surface area contributed by atoms with Gasteiger partial charge >= 0.3 is 0 Å². The summed E-state index contributed by atoms with van der Waals surface area (Å²) in [6.07, 6.45) is 8.50. The molecule has 4 unspecified atom stereocenters. The second kappa shape index (κ2) is 6.47. The predicted octanol–water partition coefficient (Wildman–Crippen LogP) is 4.67. The second-order valence-corrected chi connectivity index (χ2v) is 7.34. The fourth-order valence-corrected chi connectivity index (χ4v) is 4.34. The summed E-state index contributed by atoms with van der Waals surface area (Å²) >= 11 is 2.04. The van der Waals surface area contributed by atoms with Crippen LogP contribution in [-0.2, 0) is 4.74 Å². The lowest BCUT2D eigenvalue weighted by atomic mass is 9.75. The number of thioether (sulfide) groups is 1. The van der Waals surface area contributed by atoms with E-state index < -0.39 is 0 Å². The Bertz CT molecular complexity index is 223. The fraction of sp³-hybridized carbons (Fsp3) is 0.933. The van der Waals surface area contributed by atoms with Crippen molar-refractivity contribution in [2.75, 3.05) is 5.75 Å². The molecule has 1 aliphatic heterocycles. The number of ether oxygens (including phenoxy) is 1. The number of hydrogen-bond donors (Lipinski definition) is 0. The summed E-state index contributed by atoms with van der Waals surface area (Å²) < 4.78 is 6.42. The van der Waals surface area contributed by atoms with Crippen LogP contribution in [0.5, 0.6) is 0 Å². The highest BCUT2D eigenvalue weighted by Gasteiger charge is 2.33. The van der Waals surface area contributed by atoms with Crippen LogP contribution >= 0.6 is 11.8 Å². The van der Waals surface area contributed by atoms with Crippen LogP contribution in [0.1, 0.15) is 59.3 Å². The van der Waals surface area contributed by atoms with Gasteiger partial charge in [-0.25, -0.2) is 0 Å². The molecule has 0 aromatic rings. The van der Waals surface area contributed by atoms with E-state index in [9.17, 15) is 0 Å². The van der Waals surface area contributed by atoms with Crippen molar-refractivity contribution in [2.24, 2.45) is 11.8 Å². The zero-order valence-electron chi connectivity index (χ0n) is 11.6. The second-order valence-electron chi connectivity index (χ2n) is 6.07. The Morgan fingerprint density at radius 2 is 1.94 bits per heavy atom. The number of rotatable bonds is 3. The molecule has 2 fully saturated rings. The van der Waals surface area contributed by atoms with E-state index in [1.54, 1.807) is 5.92 Å². The van der Waals surface area contributed by atoms with Crippen LogP contribution in [-0.4, -0.2) is 17.3 Å². The highest BCUT2D eigenvalue weighted by molar-refractivity contribution is 7.99. The van der Waals surface area contributed by atoms with Crippen molar-refractivity contribution in [2.45, 2.75) is 70.8 Å². The molecule has 1 aliphatic carbocycles. The molecule has 2 aliphatic rings. The first-order valence-corrected chi connectivity index (χ1v) is 8.29. The molecule has 0 bridgehead atoms. The summed E-state index contributed by atoms with van der Waals surface area (Å²) in [5.74, 6) is 4.44. The van der Waals surface area contributed by atoms with E-state index in [2.05, 4.69) is 20.8 Å². The van der Waals surface area contributed by atoms with Gasteiger partial charge in [-0.05, 0) is 55.6 Å². The van der Waals surface area contributed by atoms with Gasteiger partial charge in [0.05, 0.1) is 6.10 Å². The highest BCUT2D eigenvalue weighted by Crippen LogP contribution is 2.39. The van der Waals surface area contributed by atoms with Gasteiger partial charge in [-0.3, -0.25) is 0 Å². The summed E-state index contributed by atoms with van der Waals surface area (Å²) in [4.78, 5) is 0. The average Bonchev–Trinajstić information content (AvgIpc) is 2.30. The minimum absolute atomic E-state index is 0.487. The third-order valence-corrected chi connectivity index (χ3v) is 5.50. The zero-order chi connectivity index (χ0) is 12.3. The predicted molar refractivity (Wildman–Crippen MR) is 76.1 cm³/mol. The van der Waals surface area contributed by atoms with Crippen molar-refractivity contribution < 1.29 is 4.74 Å². The Balaban J connectivity index is 1.89. The third-order valence-electron chi connectivity index (χ3n) is 4.26. The molecular weight excluding hydrogens is 228 g/mol. The summed E-state index contributed by atoms with van der Waals surface area (Å²) in [7, 11) is 0. The standard InChI is InChI=1S/C15H27OS/c1-11(2)13-8-7-12(3)10-14(13)16-15-6-4-5-9-17-15/h12-15H,4-10H2,1-3H3. The van der Waals surface area contributed by atoms with E-state index in [1.165, 1.54) is 44.3 Å². The zero-order valence-corrected chi connectivity index (χ0v) is 12.4. The van der Waals surface area contributed by atoms with Crippen molar-refractivity contribution >= 4 is 11.8 Å². The van der Waals surface area contributed by atoms with Crippen LogP contribution < -0.4 is 0 Å². The van der Waals surface area contributed by atoms with Gasteiger partial charge in [-0.1, -0.05) is 27.2 Å². The van der Waals surface area contributed by atoms with Crippen LogP contribution in [0.4, 0.5) is 0 Å². The van der Waals surface area contributed by atoms with Crippen molar-refractivity contribution in [1.82, 2.24) is 0 Å². The smallest absolute Gasteiger partial charge is 0.103 e. The highest BCUT2D eigenvalue weighted by atomic mass is 32.2.